The summed E-state index contributed by atoms with van der Waals surface area (Å²) in [4.78, 5) is 12.3. The summed E-state index contributed by atoms with van der Waals surface area (Å²) in [7, 11) is 0. The van der Waals surface area contributed by atoms with Crippen LogP contribution in [0.25, 0.3) is 5.69 Å². The van der Waals surface area contributed by atoms with Crippen LogP contribution in [0.5, 0.6) is 0 Å². The molecule has 25 heavy (non-hydrogen) atoms. The van der Waals surface area contributed by atoms with Gasteiger partial charge in [-0.3, -0.25) is 0 Å². The highest BCUT2D eigenvalue weighted by molar-refractivity contribution is 5.90. The molecular weight excluding hydrogens is 312 g/mol. The predicted octanol–water partition coefficient (Wildman–Crippen LogP) is 4.83. The average molecular weight is 342 g/mol. The van der Waals surface area contributed by atoms with E-state index in [0.29, 0.717) is 12.5 Å². The van der Waals surface area contributed by atoms with Gasteiger partial charge in [-0.15, -0.1) is 0 Å². The van der Waals surface area contributed by atoms with Crippen LogP contribution >= 0.6 is 0 Å². The van der Waals surface area contributed by atoms with Crippen molar-refractivity contribution in [3.05, 3.63) is 41.7 Å². The number of para-hydroxylation sites is 1. The molecule has 5 nitrogen and oxygen atoms in total. The van der Waals surface area contributed by atoms with E-state index in [1.54, 1.807) is 0 Å². The van der Waals surface area contributed by atoms with Crippen LogP contribution in [0.2, 0.25) is 0 Å². The van der Waals surface area contributed by atoms with Crippen molar-refractivity contribution in [2.75, 3.05) is 11.9 Å². The van der Waals surface area contributed by atoms with Crippen LogP contribution in [0.4, 0.5) is 10.5 Å². The summed E-state index contributed by atoms with van der Waals surface area (Å²) in [6.45, 7) is 8.98. The highest BCUT2D eigenvalue weighted by atomic mass is 16.2. The molecule has 0 aliphatic heterocycles. The average Bonchev–Trinajstić information content (AvgIpc) is 2.91. The Labute approximate surface area is 150 Å². The minimum atomic E-state index is -0.159. The number of hydrogen-bond acceptors (Lipinski definition) is 2. The Kier molecular flexibility index (Phi) is 7.04. The van der Waals surface area contributed by atoms with Crippen LogP contribution in [-0.2, 0) is 0 Å². The summed E-state index contributed by atoms with van der Waals surface area (Å²) in [5.74, 6) is 0.542. The number of rotatable bonds is 8. The number of carbonyl (C=O) groups excluding carboxylic acids is 1. The van der Waals surface area contributed by atoms with Gasteiger partial charge >= 0.3 is 6.03 Å². The van der Waals surface area contributed by atoms with Gasteiger partial charge in [0.25, 0.3) is 0 Å². The number of urea groups is 1. The third kappa shape index (κ3) is 5.08. The number of anilines is 1. The summed E-state index contributed by atoms with van der Waals surface area (Å²) in [5, 5.41) is 10.5. The van der Waals surface area contributed by atoms with Crippen LogP contribution < -0.4 is 10.6 Å². The Hall–Kier alpha value is -2.30. The SMILES string of the molecule is CCCCC(CC)CNC(=O)Nc1c(C)nn(-c2ccccc2)c1C. The topological polar surface area (TPSA) is 59.0 Å². The molecule has 1 unspecified atom stereocenters. The third-order valence-electron chi connectivity index (χ3n) is 4.63. The van der Waals surface area contributed by atoms with E-state index in [0.717, 1.165) is 35.6 Å². The Morgan fingerprint density at radius 1 is 1.20 bits per heavy atom. The summed E-state index contributed by atoms with van der Waals surface area (Å²) in [5.41, 5.74) is 3.51. The second-order valence-corrected chi connectivity index (χ2v) is 6.54. The zero-order chi connectivity index (χ0) is 18.2. The molecule has 0 aliphatic carbocycles. The molecule has 1 aromatic heterocycles. The van der Waals surface area contributed by atoms with E-state index in [2.05, 4.69) is 29.6 Å². The van der Waals surface area contributed by atoms with Crippen molar-refractivity contribution in [3.8, 4) is 5.69 Å². The van der Waals surface area contributed by atoms with Gasteiger partial charge in [0, 0.05) is 6.54 Å². The van der Waals surface area contributed by atoms with Gasteiger partial charge in [-0.2, -0.15) is 5.10 Å². The number of aryl methyl sites for hydroxylation is 1. The standard InChI is InChI=1S/C20H30N4O/c1-5-7-11-17(6-2)14-21-20(25)22-19-15(3)23-24(16(19)4)18-12-9-8-10-13-18/h8-10,12-13,17H,5-7,11,14H2,1-4H3,(H2,21,22,25). The first-order valence-corrected chi connectivity index (χ1v) is 9.23. The van der Waals surface area contributed by atoms with E-state index in [1.807, 2.05) is 48.9 Å². The Morgan fingerprint density at radius 2 is 1.92 bits per heavy atom. The lowest BCUT2D eigenvalue weighted by atomic mass is 9.99. The molecule has 2 rings (SSSR count). The molecule has 2 aromatic rings. The number of amides is 2. The fourth-order valence-corrected chi connectivity index (χ4v) is 2.98. The van der Waals surface area contributed by atoms with Crippen molar-refractivity contribution < 1.29 is 4.79 Å². The lowest BCUT2D eigenvalue weighted by Gasteiger charge is -2.15. The first-order valence-electron chi connectivity index (χ1n) is 9.23. The number of hydrogen-bond donors (Lipinski definition) is 2. The fourth-order valence-electron chi connectivity index (χ4n) is 2.98. The Morgan fingerprint density at radius 3 is 2.56 bits per heavy atom. The molecule has 1 heterocycles. The van der Waals surface area contributed by atoms with Crippen LogP contribution in [0.3, 0.4) is 0 Å². The minimum absolute atomic E-state index is 0.159. The van der Waals surface area contributed by atoms with Crippen molar-refractivity contribution in [1.29, 1.82) is 0 Å². The second-order valence-electron chi connectivity index (χ2n) is 6.54. The van der Waals surface area contributed by atoms with Gasteiger partial charge in [0.2, 0.25) is 0 Å². The van der Waals surface area contributed by atoms with E-state index in [9.17, 15) is 4.79 Å². The van der Waals surface area contributed by atoms with E-state index in [-0.39, 0.29) is 6.03 Å². The second kappa shape index (κ2) is 9.25. The normalized spacial score (nSPS) is 12.0. The van der Waals surface area contributed by atoms with Gasteiger partial charge in [0.15, 0.2) is 0 Å². The van der Waals surface area contributed by atoms with Crippen LogP contribution in [0.15, 0.2) is 30.3 Å². The summed E-state index contributed by atoms with van der Waals surface area (Å²) >= 11 is 0. The molecule has 0 saturated heterocycles. The van der Waals surface area contributed by atoms with E-state index in [1.165, 1.54) is 12.8 Å². The number of nitrogens with one attached hydrogen (secondary N) is 2. The summed E-state index contributed by atoms with van der Waals surface area (Å²) in [6, 6.07) is 9.78. The molecule has 1 atom stereocenters. The lowest BCUT2D eigenvalue weighted by Crippen LogP contribution is -2.33. The fraction of sp³-hybridized carbons (Fsp3) is 0.500. The Balaban J connectivity index is 2.00. The largest absolute Gasteiger partial charge is 0.338 e. The maximum atomic E-state index is 12.3. The predicted molar refractivity (Wildman–Crippen MR) is 103 cm³/mol. The monoisotopic (exact) mass is 342 g/mol. The van der Waals surface area contributed by atoms with Gasteiger partial charge < -0.3 is 10.6 Å². The van der Waals surface area contributed by atoms with Crippen LogP contribution in [0.1, 0.15) is 50.9 Å². The number of nitrogens with zero attached hydrogens (tertiary/aromatic N) is 2. The number of benzene rings is 1. The van der Waals surface area contributed by atoms with E-state index < -0.39 is 0 Å². The number of aromatic nitrogens is 2. The maximum Gasteiger partial charge on any atom is 0.319 e. The zero-order valence-corrected chi connectivity index (χ0v) is 15.8. The quantitative estimate of drug-likeness (QED) is 0.722. The van der Waals surface area contributed by atoms with Crippen molar-refractivity contribution in [2.45, 2.75) is 53.4 Å². The first kappa shape index (κ1) is 19.0. The summed E-state index contributed by atoms with van der Waals surface area (Å²) in [6.07, 6.45) is 4.66. The number of carbonyl (C=O) groups is 1. The van der Waals surface area contributed by atoms with Crippen molar-refractivity contribution in [2.24, 2.45) is 5.92 Å². The van der Waals surface area contributed by atoms with Crippen LogP contribution in [0, 0.1) is 19.8 Å². The molecule has 0 saturated carbocycles. The van der Waals surface area contributed by atoms with Crippen LogP contribution in [-0.4, -0.2) is 22.4 Å². The van der Waals surface area contributed by atoms with Gasteiger partial charge in [-0.25, -0.2) is 9.48 Å². The molecule has 0 aliphatic rings. The van der Waals surface area contributed by atoms with E-state index >= 15 is 0 Å². The van der Waals surface area contributed by atoms with E-state index in [4.69, 9.17) is 0 Å². The molecule has 0 fully saturated rings. The smallest absolute Gasteiger partial charge is 0.319 e. The van der Waals surface area contributed by atoms with Crippen molar-refractivity contribution >= 4 is 11.7 Å². The third-order valence-corrected chi connectivity index (χ3v) is 4.63. The van der Waals surface area contributed by atoms with Gasteiger partial charge in [0.05, 0.1) is 22.8 Å². The molecule has 0 radical (unpaired) electrons. The molecule has 5 heteroatoms. The molecule has 0 spiro atoms. The van der Waals surface area contributed by atoms with Gasteiger partial charge in [0.1, 0.15) is 0 Å². The molecule has 2 amide bonds. The first-order chi connectivity index (χ1) is 12.1. The van der Waals surface area contributed by atoms with Crippen molar-refractivity contribution in [1.82, 2.24) is 15.1 Å². The number of unbranched alkanes of at least 4 members (excludes halogenated alkanes) is 1. The molecule has 1 aromatic carbocycles. The Bertz CT molecular complexity index is 679. The molecule has 0 bridgehead atoms. The molecule has 136 valence electrons. The summed E-state index contributed by atoms with van der Waals surface area (Å²) < 4.78 is 1.86. The zero-order valence-electron chi connectivity index (χ0n) is 15.8. The highest BCUT2D eigenvalue weighted by Crippen LogP contribution is 2.22. The van der Waals surface area contributed by atoms with Gasteiger partial charge in [-0.05, 0) is 38.3 Å². The maximum absolute atomic E-state index is 12.3. The minimum Gasteiger partial charge on any atom is -0.338 e. The molecule has 2 N–H and O–H groups in total. The van der Waals surface area contributed by atoms with Crippen molar-refractivity contribution in [3.63, 3.8) is 0 Å². The lowest BCUT2D eigenvalue weighted by molar-refractivity contribution is 0.249. The van der Waals surface area contributed by atoms with Gasteiger partial charge in [-0.1, -0.05) is 51.3 Å². The molecular formula is C20H30N4O. The highest BCUT2D eigenvalue weighted by Gasteiger charge is 2.15.